The third kappa shape index (κ3) is 3.36. The molecule has 0 radical (unpaired) electrons. The fourth-order valence-corrected chi connectivity index (χ4v) is 2.45. The highest BCUT2D eigenvalue weighted by molar-refractivity contribution is 5.97. The monoisotopic (exact) mass is 360 g/mol. The zero-order chi connectivity index (χ0) is 18.8. The predicted octanol–water partition coefficient (Wildman–Crippen LogP) is 1.81. The highest BCUT2D eigenvalue weighted by atomic mass is 16.6. The van der Waals surface area contributed by atoms with Crippen LogP contribution in [0.1, 0.15) is 10.6 Å². The van der Waals surface area contributed by atoms with Crippen molar-refractivity contribution >= 4 is 29.1 Å². The van der Waals surface area contributed by atoms with Gasteiger partial charge in [-0.1, -0.05) is 6.07 Å². The van der Waals surface area contributed by atoms with E-state index in [9.17, 15) is 29.8 Å². The Morgan fingerprint density at radius 2 is 1.85 bits per heavy atom. The molecule has 26 heavy (non-hydrogen) atoms. The molecule has 2 aromatic rings. The van der Waals surface area contributed by atoms with Crippen LogP contribution < -0.4 is 5.32 Å². The van der Waals surface area contributed by atoms with E-state index in [1.807, 2.05) is 0 Å². The van der Waals surface area contributed by atoms with Gasteiger partial charge in [0.05, 0.1) is 16.9 Å². The van der Waals surface area contributed by atoms with Gasteiger partial charge in [-0.15, -0.1) is 0 Å². The second kappa shape index (κ2) is 6.63. The third-order valence-corrected chi connectivity index (χ3v) is 3.85. The number of likely N-dealkylation sites (tertiary alicyclic amines) is 1. The lowest BCUT2D eigenvalue weighted by Crippen LogP contribution is -2.54. The number of non-ortho nitro benzene ring substituents is 1. The molecule has 11 heteroatoms. The largest absolute Gasteiger partial charge is 0.433 e. The normalized spacial score (nSPS) is 13.8. The molecule has 2 heterocycles. The highest BCUT2D eigenvalue weighted by Gasteiger charge is 2.37. The molecule has 0 aliphatic carbocycles. The number of nitro benzene ring substituents is 1. The van der Waals surface area contributed by atoms with Gasteiger partial charge in [0, 0.05) is 30.9 Å². The van der Waals surface area contributed by atoms with E-state index in [2.05, 4.69) is 5.32 Å². The average Bonchev–Trinajstić information content (AvgIpc) is 3.03. The van der Waals surface area contributed by atoms with Crippen molar-refractivity contribution in [2.24, 2.45) is 5.92 Å². The van der Waals surface area contributed by atoms with Crippen molar-refractivity contribution in [3.05, 3.63) is 62.4 Å². The van der Waals surface area contributed by atoms with Crippen LogP contribution in [0.25, 0.3) is 0 Å². The van der Waals surface area contributed by atoms with Crippen LogP contribution in [0.4, 0.5) is 17.3 Å². The first-order valence-corrected chi connectivity index (χ1v) is 7.44. The first-order valence-electron chi connectivity index (χ1n) is 7.44. The van der Waals surface area contributed by atoms with E-state index >= 15 is 0 Å². The number of hydrogen-bond acceptors (Lipinski definition) is 7. The van der Waals surface area contributed by atoms with Gasteiger partial charge >= 0.3 is 5.88 Å². The van der Waals surface area contributed by atoms with Crippen molar-refractivity contribution in [3.63, 3.8) is 0 Å². The van der Waals surface area contributed by atoms with Gasteiger partial charge in [0.2, 0.25) is 5.91 Å². The summed E-state index contributed by atoms with van der Waals surface area (Å²) in [5, 5.41) is 23.9. The quantitative estimate of drug-likeness (QED) is 0.631. The van der Waals surface area contributed by atoms with Crippen LogP contribution >= 0.6 is 0 Å². The minimum absolute atomic E-state index is 0.119. The second-order valence-electron chi connectivity index (χ2n) is 5.60. The number of hydrogen-bond donors (Lipinski definition) is 1. The summed E-state index contributed by atoms with van der Waals surface area (Å²) in [6, 6.07) is 7.81. The van der Waals surface area contributed by atoms with Gasteiger partial charge < -0.3 is 14.6 Å². The lowest BCUT2D eigenvalue weighted by atomic mass is 9.98. The summed E-state index contributed by atoms with van der Waals surface area (Å²) >= 11 is 0. The molecule has 1 aliphatic rings. The molecule has 0 saturated carbocycles. The SMILES string of the molecule is O=C(Nc1cccc([N+](=O)[O-])c1)C1CN(C(=O)c2ccc([N+](=O)[O-])o2)C1. The van der Waals surface area contributed by atoms with E-state index in [1.165, 1.54) is 35.2 Å². The molecule has 1 fully saturated rings. The van der Waals surface area contributed by atoms with Crippen LogP contribution in [0.2, 0.25) is 0 Å². The van der Waals surface area contributed by atoms with E-state index in [0.29, 0.717) is 0 Å². The molecule has 3 rings (SSSR count). The minimum atomic E-state index is -0.748. The summed E-state index contributed by atoms with van der Waals surface area (Å²) < 4.78 is 4.84. The molecule has 1 N–H and O–H groups in total. The summed E-state index contributed by atoms with van der Waals surface area (Å²) in [6.45, 7) is 0.238. The number of furan rings is 1. The topological polar surface area (TPSA) is 149 Å². The number of rotatable bonds is 5. The Labute approximate surface area is 145 Å². The van der Waals surface area contributed by atoms with E-state index in [1.54, 1.807) is 0 Å². The maximum absolute atomic E-state index is 12.1. The van der Waals surface area contributed by atoms with E-state index in [0.717, 1.165) is 6.07 Å². The summed E-state index contributed by atoms with van der Waals surface area (Å²) in [5.41, 5.74) is 0.142. The maximum Gasteiger partial charge on any atom is 0.433 e. The zero-order valence-electron chi connectivity index (χ0n) is 13.2. The fourth-order valence-electron chi connectivity index (χ4n) is 2.45. The second-order valence-corrected chi connectivity index (χ2v) is 5.60. The van der Waals surface area contributed by atoms with Crippen LogP contribution in [0.3, 0.4) is 0 Å². The Morgan fingerprint density at radius 1 is 1.12 bits per heavy atom. The molecule has 0 unspecified atom stereocenters. The van der Waals surface area contributed by atoms with Crippen molar-refractivity contribution in [1.29, 1.82) is 0 Å². The van der Waals surface area contributed by atoms with Crippen LogP contribution in [-0.2, 0) is 4.79 Å². The zero-order valence-corrected chi connectivity index (χ0v) is 13.2. The van der Waals surface area contributed by atoms with Crippen molar-refractivity contribution < 1.29 is 23.9 Å². The molecular formula is C15H12N4O7. The lowest BCUT2D eigenvalue weighted by Gasteiger charge is -2.37. The Hall–Kier alpha value is -3.76. The summed E-state index contributed by atoms with van der Waals surface area (Å²) in [5.74, 6) is -2.11. The van der Waals surface area contributed by atoms with Gasteiger partial charge in [-0.3, -0.25) is 29.8 Å². The van der Waals surface area contributed by atoms with Gasteiger partial charge in [-0.25, -0.2) is 0 Å². The number of benzene rings is 1. The van der Waals surface area contributed by atoms with Crippen LogP contribution in [0.5, 0.6) is 0 Å². The highest BCUT2D eigenvalue weighted by Crippen LogP contribution is 2.24. The van der Waals surface area contributed by atoms with E-state index in [4.69, 9.17) is 4.42 Å². The Bertz CT molecular complexity index is 901. The lowest BCUT2D eigenvalue weighted by molar-refractivity contribution is -0.402. The van der Waals surface area contributed by atoms with E-state index < -0.39 is 27.6 Å². The van der Waals surface area contributed by atoms with Crippen molar-refractivity contribution in [3.8, 4) is 0 Å². The predicted molar refractivity (Wildman–Crippen MR) is 86.5 cm³/mol. The minimum Gasteiger partial charge on any atom is -0.395 e. The average molecular weight is 360 g/mol. The Morgan fingerprint density at radius 3 is 2.46 bits per heavy atom. The van der Waals surface area contributed by atoms with Crippen molar-refractivity contribution in [2.75, 3.05) is 18.4 Å². The molecule has 1 saturated heterocycles. The number of amides is 2. The first-order chi connectivity index (χ1) is 12.3. The Balaban J connectivity index is 1.56. The molecule has 0 atom stereocenters. The van der Waals surface area contributed by atoms with Gasteiger partial charge in [-0.2, -0.15) is 0 Å². The molecular weight excluding hydrogens is 348 g/mol. The summed E-state index contributed by atoms with van der Waals surface area (Å²) in [7, 11) is 0. The number of carbonyl (C=O) groups is 2. The third-order valence-electron chi connectivity index (χ3n) is 3.85. The van der Waals surface area contributed by atoms with Gasteiger partial charge in [0.1, 0.15) is 4.92 Å². The van der Waals surface area contributed by atoms with E-state index in [-0.39, 0.29) is 36.1 Å². The number of nitrogens with one attached hydrogen (secondary N) is 1. The molecule has 0 spiro atoms. The Kier molecular flexibility index (Phi) is 4.35. The number of anilines is 1. The smallest absolute Gasteiger partial charge is 0.395 e. The van der Waals surface area contributed by atoms with Gasteiger partial charge in [-0.05, 0) is 12.1 Å². The molecule has 11 nitrogen and oxygen atoms in total. The summed E-state index contributed by atoms with van der Waals surface area (Å²) in [4.78, 5) is 45.6. The van der Waals surface area contributed by atoms with Crippen molar-refractivity contribution in [2.45, 2.75) is 0 Å². The molecule has 1 aliphatic heterocycles. The molecule has 2 amide bonds. The molecule has 134 valence electrons. The van der Waals surface area contributed by atoms with Crippen LogP contribution in [0.15, 0.2) is 40.8 Å². The van der Waals surface area contributed by atoms with Crippen LogP contribution in [0, 0.1) is 26.1 Å². The number of nitrogens with zero attached hydrogens (tertiary/aromatic N) is 3. The van der Waals surface area contributed by atoms with Crippen LogP contribution in [-0.4, -0.2) is 39.7 Å². The molecule has 0 bridgehead atoms. The standard InChI is InChI=1S/C15H12N4O7/c20-14(16-10-2-1-3-11(6-10)18(22)23)9-7-17(8-9)15(21)12-4-5-13(26-12)19(24)25/h1-6,9H,7-8H2,(H,16,20). The summed E-state index contributed by atoms with van der Waals surface area (Å²) in [6.07, 6.45) is 0. The molecule has 1 aromatic carbocycles. The van der Waals surface area contributed by atoms with Gasteiger partial charge in [0.15, 0.2) is 5.76 Å². The first kappa shape index (κ1) is 17.1. The number of nitro groups is 2. The maximum atomic E-state index is 12.1. The fraction of sp³-hybridized carbons (Fsp3) is 0.200. The molecule has 1 aromatic heterocycles. The number of carbonyl (C=O) groups excluding carboxylic acids is 2. The van der Waals surface area contributed by atoms with Crippen molar-refractivity contribution in [1.82, 2.24) is 4.90 Å². The van der Waals surface area contributed by atoms with Gasteiger partial charge in [0.25, 0.3) is 11.6 Å².